The van der Waals surface area contributed by atoms with E-state index >= 15 is 0 Å². The van der Waals surface area contributed by atoms with Crippen molar-refractivity contribution in [2.75, 3.05) is 18.0 Å². The summed E-state index contributed by atoms with van der Waals surface area (Å²) < 4.78 is 27.1. The van der Waals surface area contributed by atoms with E-state index < -0.39 is 10.0 Å². The number of anilines is 1. The van der Waals surface area contributed by atoms with E-state index in [1.165, 1.54) is 24.2 Å². The van der Waals surface area contributed by atoms with Gasteiger partial charge in [0.05, 0.1) is 0 Å². The first-order chi connectivity index (χ1) is 10.1. The van der Waals surface area contributed by atoms with Crippen LogP contribution in [0.5, 0.6) is 0 Å². The molecule has 3 heterocycles. The summed E-state index contributed by atoms with van der Waals surface area (Å²) in [6, 6.07) is 7.14. The third-order valence-corrected chi connectivity index (χ3v) is 6.26. The molecule has 0 aliphatic carbocycles. The maximum absolute atomic E-state index is 12.1. The summed E-state index contributed by atoms with van der Waals surface area (Å²) in [5.41, 5.74) is 0.923. The lowest BCUT2D eigenvalue weighted by molar-refractivity contribution is 0.583. The van der Waals surface area contributed by atoms with Gasteiger partial charge in [-0.05, 0) is 42.0 Å². The zero-order chi connectivity index (χ0) is 14.7. The lowest BCUT2D eigenvalue weighted by Gasteiger charge is -2.16. The first-order valence-corrected chi connectivity index (χ1v) is 9.24. The zero-order valence-electron chi connectivity index (χ0n) is 11.5. The van der Waals surface area contributed by atoms with Crippen LogP contribution in [0.4, 0.5) is 5.82 Å². The molecule has 0 amide bonds. The lowest BCUT2D eigenvalue weighted by Crippen LogP contribution is -2.23. The van der Waals surface area contributed by atoms with Crippen molar-refractivity contribution in [1.82, 2.24) is 9.71 Å². The van der Waals surface area contributed by atoms with Gasteiger partial charge in [0.2, 0.25) is 10.0 Å². The Morgan fingerprint density at radius 3 is 2.81 bits per heavy atom. The minimum Gasteiger partial charge on any atom is -0.357 e. The molecule has 7 heteroatoms. The van der Waals surface area contributed by atoms with Crippen LogP contribution >= 0.6 is 11.3 Å². The van der Waals surface area contributed by atoms with E-state index in [0.29, 0.717) is 4.21 Å². The van der Waals surface area contributed by atoms with Gasteiger partial charge < -0.3 is 4.90 Å². The smallest absolute Gasteiger partial charge is 0.250 e. The van der Waals surface area contributed by atoms with Crippen molar-refractivity contribution in [2.45, 2.75) is 23.6 Å². The van der Waals surface area contributed by atoms with E-state index in [9.17, 15) is 8.42 Å². The molecule has 1 N–H and O–H groups in total. The standard InChI is InChI=1S/C14H17N3O2S2/c18-21(19,14-4-3-9-20-14)16-11-12-5-6-15-13(10-12)17-7-1-2-8-17/h3-6,9-10,16H,1-2,7-8,11H2. The number of thiophene rings is 1. The SMILES string of the molecule is O=S(=O)(NCc1ccnc(N2CCCC2)c1)c1cccs1. The molecule has 1 saturated heterocycles. The van der Waals surface area contributed by atoms with E-state index in [1.54, 1.807) is 23.7 Å². The molecule has 21 heavy (non-hydrogen) atoms. The van der Waals surface area contributed by atoms with Crippen LogP contribution in [-0.2, 0) is 16.6 Å². The van der Waals surface area contributed by atoms with Gasteiger partial charge in [0.25, 0.3) is 0 Å². The van der Waals surface area contributed by atoms with Crippen molar-refractivity contribution in [2.24, 2.45) is 0 Å². The third-order valence-electron chi connectivity index (χ3n) is 3.47. The molecular weight excluding hydrogens is 306 g/mol. The van der Waals surface area contributed by atoms with Gasteiger partial charge in [-0.2, -0.15) is 0 Å². The van der Waals surface area contributed by atoms with Crippen LogP contribution in [0.3, 0.4) is 0 Å². The van der Waals surface area contributed by atoms with Crippen LogP contribution in [0.1, 0.15) is 18.4 Å². The summed E-state index contributed by atoms with van der Waals surface area (Å²) in [5.74, 6) is 0.931. The van der Waals surface area contributed by atoms with Gasteiger partial charge in [0.1, 0.15) is 10.0 Å². The summed E-state index contributed by atoms with van der Waals surface area (Å²) in [6.07, 6.45) is 4.12. The molecule has 1 aliphatic heterocycles. The quantitative estimate of drug-likeness (QED) is 0.916. The summed E-state index contributed by atoms with van der Waals surface area (Å²) in [6.45, 7) is 2.33. The highest BCUT2D eigenvalue weighted by atomic mass is 32.2. The number of pyridine rings is 1. The highest BCUT2D eigenvalue weighted by molar-refractivity contribution is 7.91. The Labute approximate surface area is 128 Å². The normalized spacial score (nSPS) is 15.5. The van der Waals surface area contributed by atoms with Crippen molar-refractivity contribution in [3.8, 4) is 0 Å². The van der Waals surface area contributed by atoms with Crippen molar-refractivity contribution in [1.29, 1.82) is 0 Å². The van der Waals surface area contributed by atoms with Gasteiger partial charge in [0, 0.05) is 25.8 Å². The number of nitrogens with one attached hydrogen (secondary N) is 1. The second-order valence-electron chi connectivity index (χ2n) is 4.97. The largest absolute Gasteiger partial charge is 0.357 e. The summed E-state index contributed by atoms with van der Waals surface area (Å²) in [7, 11) is -3.41. The lowest BCUT2D eigenvalue weighted by atomic mass is 10.2. The molecule has 0 bridgehead atoms. The number of sulfonamides is 1. The fourth-order valence-corrected chi connectivity index (χ4v) is 4.41. The molecule has 2 aromatic rings. The Hall–Kier alpha value is -1.44. The summed E-state index contributed by atoms with van der Waals surface area (Å²) in [5, 5.41) is 1.76. The molecule has 0 aromatic carbocycles. The number of aromatic nitrogens is 1. The Balaban J connectivity index is 1.69. The van der Waals surface area contributed by atoms with Gasteiger partial charge in [-0.25, -0.2) is 18.1 Å². The van der Waals surface area contributed by atoms with Crippen LogP contribution in [-0.4, -0.2) is 26.5 Å². The van der Waals surface area contributed by atoms with Gasteiger partial charge in [-0.3, -0.25) is 0 Å². The van der Waals surface area contributed by atoms with Crippen LogP contribution in [0.15, 0.2) is 40.1 Å². The molecule has 3 rings (SSSR count). The number of rotatable bonds is 5. The van der Waals surface area contributed by atoms with Gasteiger partial charge in [-0.1, -0.05) is 6.07 Å². The van der Waals surface area contributed by atoms with Gasteiger partial charge in [0.15, 0.2) is 0 Å². The number of nitrogens with zero attached hydrogens (tertiary/aromatic N) is 2. The topological polar surface area (TPSA) is 62.3 Å². The van der Waals surface area contributed by atoms with E-state index in [1.807, 2.05) is 12.1 Å². The van der Waals surface area contributed by atoms with Crippen molar-refractivity contribution in [3.05, 3.63) is 41.4 Å². The fourth-order valence-electron chi connectivity index (χ4n) is 2.36. The molecule has 0 spiro atoms. The molecule has 0 saturated carbocycles. The minimum absolute atomic E-state index is 0.281. The van der Waals surface area contributed by atoms with Crippen LogP contribution < -0.4 is 9.62 Å². The third kappa shape index (κ3) is 3.42. The summed E-state index contributed by atoms with van der Waals surface area (Å²) in [4.78, 5) is 6.60. The van der Waals surface area contributed by atoms with Crippen molar-refractivity contribution >= 4 is 27.2 Å². The van der Waals surface area contributed by atoms with Crippen LogP contribution in [0, 0.1) is 0 Å². The monoisotopic (exact) mass is 323 g/mol. The Bertz CT molecular complexity index is 693. The minimum atomic E-state index is -3.41. The second-order valence-corrected chi connectivity index (χ2v) is 7.91. The first-order valence-electron chi connectivity index (χ1n) is 6.88. The average molecular weight is 323 g/mol. The maximum Gasteiger partial charge on any atom is 0.250 e. The molecule has 5 nitrogen and oxygen atoms in total. The van der Waals surface area contributed by atoms with Gasteiger partial charge >= 0.3 is 0 Å². The Morgan fingerprint density at radius 2 is 2.10 bits per heavy atom. The first kappa shape index (κ1) is 14.5. The molecule has 2 aromatic heterocycles. The zero-order valence-corrected chi connectivity index (χ0v) is 13.2. The van der Waals surface area contributed by atoms with Crippen molar-refractivity contribution < 1.29 is 8.42 Å². The fraction of sp³-hybridized carbons (Fsp3) is 0.357. The highest BCUT2D eigenvalue weighted by Gasteiger charge is 2.16. The van der Waals surface area contributed by atoms with E-state index in [4.69, 9.17) is 0 Å². The maximum atomic E-state index is 12.1. The van der Waals surface area contributed by atoms with E-state index in [-0.39, 0.29) is 6.54 Å². The summed E-state index contributed by atoms with van der Waals surface area (Å²) >= 11 is 1.22. The molecule has 112 valence electrons. The highest BCUT2D eigenvalue weighted by Crippen LogP contribution is 2.19. The molecule has 0 atom stereocenters. The Morgan fingerprint density at radius 1 is 1.29 bits per heavy atom. The van der Waals surface area contributed by atoms with Crippen molar-refractivity contribution in [3.63, 3.8) is 0 Å². The van der Waals surface area contributed by atoms with Crippen LogP contribution in [0.25, 0.3) is 0 Å². The van der Waals surface area contributed by atoms with E-state index in [2.05, 4.69) is 14.6 Å². The Kier molecular flexibility index (Phi) is 4.23. The molecule has 1 fully saturated rings. The van der Waals surface area contributed by atoms with Crippen LogP contribution in [0.2, 0.25) is 0 Å². The molecule has 1 aliphatic rings. The number of hydrogen-bond acceptors (Lipinski definition) is 5. The van der Waals surface area contributed by atoms with E-state index in [0.717, 1.165) is 24.5 Å². The second kappa shape index (κ2) is 6.13. The molecular formula is C14H17N3O2S2. The predicted molar refractivity (Wildman–Crippen MR) is 84.0 cm³/mol. The molecule has 0 unspecified atom stereocenters. The number of hydrogen-bond donors (Lipinski definition) is 1. The average Bonchev–Trinajstić information content (AvgIpc) is 3.18. The predicted octanol–water partition coefficient (Wildman–Crippen LogP) is 2.22. The van der Waals surface area contributed by atoms with Gasteiger partial charge in [-0.15, -0.1) is 11.3 Å². The molecule has 0 radical (unpaired) electrons.